The minimum Gasteiger partial charge on any atom is -0.291 e. The minimum absolute atomic E-state index is 0.0746. The molecule has 3 rings (SSSR count). The van der Waals surface area contributed by atoms with Crippen LogP contribution in [-0.4, -0.2) is 10.8 Å². The third-order valence-electron chi connectivity index (χ3n) is 3.13. The number of rotatable bonds is 3. The molecule has 0 aliphatic carbocycles. The number of halogens is 1. The van der Waals surface area contributed by atoms with Crippen LogP contribution in [0.5, 0.6) is 0 Å². The molecule has 0 spiro atoms. The van der Waals surface area contributed by atoms with Gasteiger partial charge in [-0.05, 0) is 36.2 Å². The first-order valence-electron chi connectivity index (χ1n) is 6.27. The lowest BCUT2D eigenvalue weighted by molar-refractivity contribution is 0.0993. The van der Waals surface area contributed by atoms with Crippen LogP contribution in [0.1, 0.15) is 20.9 Å². The third-order valence-corrected chi connectivity index (χ3v) is 4.21. The van der Waals surface area contributed by atoms with Crippen LogP contribution in [0.15, 0.2) is 42.5 Å². The van der Waals surface area contributed by atoms with Crippen LogP contribution in [0, 0.1) is 12.7 Å². The molecule has 1 heterocycles. The van der Waals surface area contributed by atoms with Gasteiger partial charge < -0.3 is 0 Å². The van der Waals surface area contributed by atoms with E-state index in [0.717, 1.165) is 10.2 Å². The van der Waals surface area contributed by atoms with Gasteiger partial charge in [-0.25, -0.2) is 9.37 Å². The normalized spacial score (nSPS) is 10.9. The SMILES string of the molecule is Cc1ccc(CC(=O)c2nc3ccccc3s2)cc1F. The molecule has 4 heteroatoms. The molecule has 0 N–H and O–H groups in total. The van der Waals surface area contributed by atoms with Crippen LogP contribution >= 0.6 is 11.3 Å². The molecule has 0 bridgehead atoms. The predicted molar refractivity (Wildman–Crippen MR) is 78.8 cm³/mol. The van der Waals surface area contributed by atoms with Crippen molar-refractivity contribution in [3.05, 3.63) is 64.4 Å². The molecule has 0 radical (unpaired) electrons. The Morgan fingerprint density at radius 3 is 2.80 bits per heavy atom. The van der Waals surface area contributed by atoms with E-state index in [1.807, 2.05) is 24.3 Å². The molecule has 0 saturated heterocycles. The van der Waals surface area contributed by atoms with Gasteiger partial charge in [0.25, 0.3) is 0 Å². The molecule has 20 heavy (non-hydrogen) atoms. The second-order valence-electron chi connectivity index (χ2n) is 4.67. The molecular formula is C16H12FNOS. The van der Waals surface area contributed by atoms with E-state index in [9.17, 15) is 9.18 Å². The maximum atomic E-state index is 13.5. The predicted octanol–water partition coefficient (Wildman–Crippen LogP) is 4.17. The summed E-state index contributed by atoms with van der Waals surface area (Å²) in [6, 6.07) is 12.5. The second-order valence-corrected chi connectivity index (χ2v) is 5.70. The number of thiazole rings is 1. The Balaban J connectivity index is 1.86. The van der Waals surface area contributed by atoms with Gasteiger partial charge in [-0.2, -0.15) is 0 Å². The lowest BCUT2D eigenvalue weighted by Gasteiger charge is -2.01. The Bertz CT molecular complexity index is 761. The highest BCUT2D eigenvalue weighted by Gasteiger charge is 2.13. The van der Waals surface area contributed by atoms with Gasteiger partial charge in [0.2, 0.25) is 0 Å². The zero-order valence-corrected chi connectivity index (χ0v) is 11.7. The van der Waals surface area contributed by atoms with Gasteiger partial charge in [0.05, 0.1) is 10.2 Å². The molecule has 0 fully saturated rings. The summed E-state index contributed by atoms with van der Waals surface area (Å²) in [4.78, 5) is 16.5. The van der Waals surface area contributed by atoms with Gasteiger partial charge in [0.1, 0.15) is 5.82 Å². The average molecular weight is 285 g/mol. The van der Waals surface area contributed by atoms with E-state index in [1.165, 1.54) is 17.4 Å². The number of carbonyl (C=O) groups is 1. The minimum atomic E-state index is -0.278. The lowest BCUT2D eigenvalue weighted by Crippen LogP contribution is -2.03. The van der Waals surface area contributed by atoms with E-state index >= 15 is 0 Å². The zero-order chi connectivity index (χ0) is 14.1. The molecule has 2 aromatic carbocycles. The van der Waals surface area contributed by atoms with Crippen LogP contribution in [0.2, 0.25) is 0 Å². The van der Waals surface area contributed by atoms with Crippen LogP contribution in [0.3, 0.4) is 0 Å². The van der Waals surface area contributed by atoms with Crippen molar-refractivity contribution in [2.75, 3.05) is 0 Å². The zero-order valence-electron chi connectivity index (χ0n) is 10.9. The number of benzene rings is 2. The Hall–Kier alpha value is -2.07. The molecule has 100 valence electrons. The number of aromatic nitrogens is 1. The van der Waals surface area contributed by atoms with Crippen molar-refractivity contribution in [3.63, 3.8) is 0 Å². The number of aryl methyl sites for hydroxylation is 1. The molecule has 2 nitrogen and oxygen atoms in total. The highest BCUT2D eigenvalue weighted by atomic mass is 32.1. The molecule has 0 aliphatic rings. The number of para-hydroxylation sites is 1. The summed E-state index contributed by atoms with van der Waals surface area (Å²) < 4.78 is 14.5. The fourth-order valence-corrected chi connectivity index (χ4v) is 2.90. The number of Topliss-reactive ketones (excluding diaryl/α,β-unsaturated/α-hetero) is 1. The average Bonchev–Trinajstić information content (AvgIpc) is 2.87. The molecule has 3 aromatic rings. The number of ketones is 1. The van der Waals surface area contributed by atoms with Crippen LogP contribution in [0.4, 0.5) is 4.39 Å². The summed E-state index contributed by atoms with van der Waals surface area (Å²) in [6.07, 6.45) is 0.178. The van der Waals surface area contributed by atoms with Gasteiger partial charge in [0, 0.05) is 6.42 Å². The van der Waals surface area contributed by atoms with Crippen molar-refractivity contribution in [1.82, 2.24) is 4.98 Å². The third kappa shape index (κ3) is 2.47. The number of carbonyl (C=O) groups excluding carboxylic acids is 1. The lowest BCUT2D eigenvalue weighted by atomic mass is 10.1. The van der Waals surface area contributed by atoms with Crippen LogP contribution in [0.25, 0.3) is 10.2 Å². The fraction of sp³-hybridized carbons (Fsp3) is 0.125. The first-order valence-corrected chi connectivity index (χ1v) is 7.09. The van der Waals surface area contributed by atoms with Crippen LogP contribution in [-0.2, 0) is 6.42 Å². The van der Waals surface area contributed by atoms with E-state index in [4.69, 9.17) is 0 Å². The molecule has 0 unspecified atom stereocenters. The molecular weight excluding hydrogens is 273 g/mol. The van der Waals surface area contributed by atoms with E-state index in [2.05, 4.69) is 4.98 Å². The summed E-state index contributed by atoms with van der Waals surface area (Å²) in [5.74, 6) is -0.353. The largest absolute Gasteiger partial charge is 0.291 e. The van der Waals surface area contributed by atoms with Gasteiger partial charge in [0.15, 0.2) is 10.8 Å². The number of hydrogen-bond acceptors (Lipinski definition) is 3. The van der Waals surface area contributed by atoms with Crippen molar-refractivity contribution in [2.24, 2.45) is 0 Å². The summed E-state index contributed by atoms with van der Waals surface area (Å²) in [5, 5.41) is 0.479. The van der Waals surface area contributed by atoms with Crippen molar-refractivity contribution in [1.29, 1.82) is 0 Å². The maximum Gasteiger partial charge on any atom is 0.195 e. The highest BCUT2D eigenvalue weighted by Crippen LogP contribution is 2.23. The van der Waals surface area contributed by atoms with E-state index in [0.29, 0.717) is 16.1 Å². The maximum absolute atomic E-state index is 13.5. The number of nitrogens with zero attached hydrogens (tertiary/aromatic N) is 1. The van der Waals surface area contributed by atoms with E-state index in [1.54, 1.807) is 19.1 Å². The second kappa shape index (κ2) is 5.13. The van der Waals surface area contributed by atoms with E-state index < -0.39 is 0 Å². The van der Waals surface area contributed by atoms with Crippen LogP contribution < -0.4 is 0 Å². The molecule has 1 aromatic heterocycles. The Morgan fingerprint density at radius 2 is 2.05 bits per heavy atom. The quantitative estimate of drug-likeness (QED) is 0.676. The molecule has 0 aliphatic heterocycles. The smallest absolute Gasteiger partial charge is 0.195 e. The first-order chi connectivity index (χ1) is 9.63. The van der Waals surface area contributed by atoms with Crippen molar-refractivity contribution < 1.29 is 9.18 Å². The standard InChI is InChI=1S/C16H12FNOS/c1-10-6-7-11(8-12(10)17)9-14(19)16-18-13-4-2-3-5-15(13)20-16/h2-8H,9H2,1H3. The Labute approximate surface area is 119 Å². The first kappa shape index (κ1) is 12.9. The van der Waals surface area contributed by atoms with Gasteiger partial charge in [-0.3, -0.25) is 4.79 Å². The van der Waals surface area contributed by atoms with Crippen molar-refractivity contribution in [2.45, 2.75) is 13.3 Å². The molecule has 0 amide bonds. The molecule has 0 atom stereocenters. The summed E-state index contributed by atoms with van der Waals surface area (Å²) >= 11 is 1.38. The topological polar surface area (TPSA) is 30.0 Å². The molecule has 0 saturated carbocycles. The van der Waals surface area contributed by atoms with Crippen molar-refractivity contribution in [3.8, 4) is 0 Å². The Morgan fingerprint density at radius 1 is 1.25 bits per heavy atom. The highest BCUT2D eigenvalue weighted by molar-refractivity contribution is 7.20. The van der Waals surface area contributed by atoms with Gasteiger partial charge in [-0.1, -0.05) is 24.3 Å². The fourth-order valence-electron chi connectivity index (χ4n) is 2.00. The number of hydrogen-bond donors (Lipinski definition) is 0. The van der Waals surface area contributed by atoms with E-state index in [-0.39, 0.29) is 18.0 Å². The van der Waals surface area contributed by atoms with Crippen molar-refractivity contribution >= 4 is 27.3 Å². The monoisotopic (exact) mass is 285 g/mol. The summed E-state index contributed by atoms with van der Waals surface area (Å²) in [7, 11) is 0. The van der Waals surface area contributed by atoms with Gasteiger partial charge in [-0.15, -0.1) is 11.3 Å². The summed E-state index contributed by atoms with van der Waals surface area (Å²) in [6.45, 7) is 1.70. The number of fused-ring (bicyclic) bond motifs is 1. The Kier molecular flexibility index (Phi) is 3.32. The van der Waals surface area contributed by atoms with Gasteiger partial charge >= 0.3 is 0 Å². The summed E-state index contributed by atoms with van der Waals surface area (Å²) in [5.41, 5.74) is 2.09.